The van der Waals surface area contributed by atoms with Crippen molar-refractivity contribution >= 4 is 23.6 Å². The van der Waals surface area contributed by atoms with E-state index in [1.54, 1.807) is 0 Å². The van der Waals surface area contributed by atoms with E-state index in [-0.39, 0.29) is 54.4 Å². The molecule has 8 unspecified atom stereocenters. The van der Waals surface area contributed by atoms with E-state index in [4.69, 9.17) is 0 Å². The Morgan fingerprint density at radius 3 is 2.38 bits per heavy atom. The minimum atomic E-state index is -5.21. The number of likely N-dealkylation sites (tertiary alicyclic amines) is 1. The van der Waals surface area contributed by atoms with Crippen molar-refractivity contribution < 1.29 is 37.5 Å². The van der Waals surface area contributed by atoms with Gasteiger partial charge in [0.25, 0.3) is 0 Å². The summed E-state index contributed by atoms with van der Waals surface area (Å²) in [5, 5.41) is 28.5. The molecule has 7 aliphatic rings. The van der Waals surface area contributed by atoms with E-state index in [1.807, 2.05) is 25.2 Å². The fourth-order valence-electron chi connectivity index (χ4n) is 9.85. The Kier molecular flexibility index (Phi) is 6.65. The van der Waals surface area contributed by atoms with Crippen LogP contribution in [0.3, 0.4) is 0 Å². The van der Waals surface area contributed by atoms with Crippen molar-refractivity contribution in [3.8, 4) is 6.07 Å². The van der Waals surface area contributed by atoms with E-state index >= 15 is 0 Å². The number of halogens is 3. The van der Waals surface area contributed by atoms with Crippen molar-refractivity contribution in [2.45, 2.75) is 95.1 Å². The highest BCUT2D eigenvalue weighted by Crippen LogP contribution is 2.66. The Bertz CT molecular complexity index is 1230. The number of piperidine rings is 1. The smallest absolute Gasteiger partial charge is 0.390 e. The van der Waals surface area contributed by atoms with Crippen LogP contribution in [-0.4, -0.2) is 76.6 Å². The molecule has 42 heavy (non-hydrogen) atoms. The molecule has 8 atom stereocenters. The number of carbonyl (C=O) groups excluding carboxylic acids is 4. The first-order valence-electron chi connectivity index (χ1n) is 15.0. The molecule has 4 amide bonds. The topological polar surface area (TPSA) is 152 Å². The van der Waals surface area contributed by atoms with Crippen LogP contribution in [0.4, 0.5) is 13.2 Å². The van der Waals surface area contributed by atoms with E-state index in [2.05, 4.69) is 10.6 Å². The third-order valence-electron chi connectivity index (χ3n) is 11.4. The van der Waals surface area contributed by atoms with Gasteiger partial charge in [0.15, 0.2) is 0 Å². The zero-order valence-electron chi connectivity index (χ0n) is 23.8. The summed E-state index contributed by atoms with van der Waals surface area (Å²) >= 11 is 0. The van der Waals surface area contributed by atoms with Crippen LogP contribution in [0.2, 0.25) is 0 Å². The summed E-state index contributed by atoms with van der Waals surface area (Å²) in [5.74, 6) is -4.41. The molecule has 0 aromatic rings. The Morgan fingerprint density at radius 1 is 1.17 bits per heavy atom. The highest BCUT2D eigenvalue weighted by atomic mass is 19.4. The molecule has 230 valence electrons. The van der Waals surface area contributed by atoms with Gasteiger partial charge in [0, 0.05) is 24.4 Å². The van der Waals surface area contributed by atoms with Crippen LogP contribution in [-0.2, 0) is 19.2 Å². The van der Waals surface area contributed by atoms with E-state index in [0.29, 0.717) is 38.6 Å². The van der Waals surface area contributed by atoms with Crippen LogP contribution in [0.25, 0.3) is 0 Å². The number of carbonyl (C=O) groups is 4. The van der Waals surface area contributed by atoms with Gasteiger partial charge in [-0.15, -0.1) is 0 Å². The van der Waals surface area contributed by atoms with E-state index in [1.165, 1.54) is 4.90 Å². The summed E-state index contributed by atoms with van der Waals surface area (Å²) in [5.41, 5.74) is -2.44. The van der Waals surface area contributed by atoms with Gasteiger partial charge in [0.05, 0.1) is 11.7 Å². The first kappa shape index (κ1) is 29.2. The molecule has 0 radical (unpaired) electrons. The molecule has 2 heterocycles. The number of alkyl halides is 3. The van der Waals surface area contributed by atoms with Crippen molar-refractivity contribution in [1.82, 2.24) is 20.9 Å². The van der Waals surface area contributed by atoms with Gasteiger partial charge in [-0.3, -0.25) is 19.2 Å². The van der Waals surface area contributed by atoms with Gasteiger partial charge in [-0.2, -0.15) is 18.4 Å². The minimum absolute atomic E-state index is 0.0449. The molecule has 2 saturated heterocycles. The number of hydrogen-bond donors (Lipinski definition) is 4. The lowest BCUT2D eigenvalue weighted by Crippen LogP contribution is -2.68. The molecule has 2 aliphatic heterocycles. The minimum Gasteiger partial charge on any atom is -0.390 e. The predicted octanol–water partition coefficient (Wildman–Crippen LogP) is 1.38. The first-order chi connectivity index (χ1) is 19.6. The number of nitrogens with zero attached hydrogens (tertiary/aromatic N) is 2. The maximum absolute atomic E-state index is 14.4. The standard InChI is InChI=1S/C29H38F3N5O5/c1-26(2)18-12-37(20(19(18)26)23(39)35-17(11-33)6-16-3-4-34-22(16)38)24(40)21(36-25(41)29(30,31)32)27-7-14-5-15(8-27)10-28(42,9-14)13-27/h14-21,42H,3-10,12-13H2,1-2H3,(H,34,38)(H,35,39)(H,36,41). The molecule has 4 N–H and O–H groups in total. The van der Waals surface area contributed by atoms with Gasteiger partial charge in [-0.1, -0.05) is 13.8 Å². The predicted molar refractivity (Wildman–Crippen MR) is 140 cm³/mol. The average molecular weight is 594 g/mol. The fraction of sp³-hybridized carbons (Fsp3) is 0.828. The van der Waals surface area contributed by atoms with Crippen LogP contribution in [0.1, 0.15) is 65.2 Å². The third-order valence-corrected chi connectivity index (χ3v) is 11.4. The van der Waals surface area contributed by atoms with Crippen molar-refractivity contribution in [3.05, 3.63) is 0 Å². The maximum atomic E-state index is 14.4. The number of aliphatic hydroxyl groups is 1. The largest absolute Gasteiger partial charge is 0.471 e. The summed E-state index contributed by atoms with van der Waals surface area (Å²) in [7, 11) is 0. The molecule has 0 aromatic heterocycles. The molecule has 0 spiro atoms. The molecule has 10 nitrogen and oxygen atoms in total. The van der Waals surface area contributed by atoms with Crippen molar-refractivity contribution in [2.24, 2.45) is 40.4 Å². The second-order valence-electron chi connectivity index (χ2n) is 14.5. The number of amides is 4. The molecule has 7 rings (SSSR count). The molecule has 4 bridgehead atoms. The molecule has 13 heteroatoms. The third kappa shape index (κ3) is 4.74. The molecular formula is C29H38F3N5O5. The van der Waals surface area contributed by atoms with Crippen LogP contribution in [0.5, 0.6) is 0 Å². The molecular weight excluding hydrogens is 555 g/mol. The molecule has 7 fully saturated rings. The molecule has 0 aromatic carbocycles. The zero-order valence-corrected chi connectivity index (χ0v) is 23.8. The van der Waals surface area contributed by atoms with Crippen molar-refractivity contribution in [1.29, 1.82) is 5.26 Å². The monoisotopic (exact) mass is 593 g/mol. The molecule has 5 aliphatic carbocycles. The SMILES string of the molecule is CC1(C)C2CN(C(=O)C(NC(=O)C(F)(F)F)C34CC5CC(CC(O)(C5)C3)C4)C(C(=O)NC(C#N)CC3CCNC3=O)C21. The second-order valence-corrected chi connectivity index (χ2v) is 14.5. The average Bonchev–Trinajstić information content (AvgIpc) is 3.22. The number of rotatable bonds is 7. The number of hydrogen-bond acceptors (Lipinski definition) is 6. The van der Waals surface area contributed by atoms with Gasteiger partial charge in [-0.25, -0.2) is 0 Å². The Balaban J connectivity index is 1.28. The Hall–Kier alpha value is -2.88. The maximum Gasteiger partial charge on any atom is 0.471 e. The summed E-state index contributed by atoms with van der Waals surface area (Å²) in [6.45, 7) is 4.56. The van der Waals surface area contributed by atoms with Gasteiger partial charge >= 0.3 is 12.1 Å². The lowest BCUT2D eigenvalue weighted by atomic mass is 9.46. The normalized spacial score (nSPS) is 40.5. The summed E-state index contributed by atoms with van der Waals surface area (Å²) in [6.07, 6.45) is -1.72. The number of fused-ring (bicyclic) bond motifs is 1. The quantitative estimate of drug-likeness (QED) is 0.350. The van der Waals surface area contributed by atoms with Gasteiger partial charge in [0.1, 0.15) is 18.1 Å². The van der Waals surface area contributed by atoms with Gasteiger partial charge < -0.3 is 26.0 Å². The highest BCUT2D eigenvalue weighted by Gasteiger charge is 2.71. The Labute approximate surface area is 242 Å². The number of nitrogens with one attached hydrogen (secondary N) is 3. The van der Waals surface area contributed by atoms with Crippen LogP contribution in [0, 0.1) is 51.8 Å². The van der Waals surface area contributed by atoms with Gasteiger partial charge in [-0.05, 0) is 80.5 Å². The van der Waals surface area contributed by atoms with E-state index in [0.717, 1.165) is 6.42 Å². The number of nitriles is 1. The second kappa shape index (κ2) is 9.56. The Morgan fingerprint density at radius 2 is 1.83 bits per heavy atom. The van der Waals surface area contributed by atoms with Gasteiger partial charge in [0.2, 0.25) is 17.7 Å². The zero-order chi connectivity index (χ0) is 30.4. The lowest BCUT2D eigenvalue weighted by Gasteiger charge is -2.62. The van der Waals surface area contributed by atoms with Crippen LogP contribution >= 0.6 is 0 Å². The lowest BCUT2D eigenvalue weighted by molar-refractivity contribution is -0.191. The van der Waals surface area contributed by atoms with Crippen LogP contribution < -0.4 is 16.0 Å². The summed E-state index contributed by atoms with van der Waals surface area (Å²) in [6, 6.07) is -1.53. The van der Waals surface area contributed by atoms with E-state index < -0.39 is 59.0 Å². The fourth-order valence-corrected chi connectivity index (χ4v) is 9.85. The first-order valence-corrected chi connectivity index (χ1v) is 15.0. The molecule has 5 saturated carbocycles. The summed E-state index contributed by atoms with van der Waals surface area (Å²) in [4.78, 5) is 53.8. The van der Waals surface area contributed by atoms with Crippen molar-refractivity contribution in [3.63, 3.8) is 0 Å². The van der Waals surface area contributed by atoms with E-state index in [9.17, 15) is 42.7 Å². The summed E-state index contributed by atoms with van der Waals surface area (Å²) < 4.78 is 40.6. The highest BCUT2D eigenvalue weighted by molar-refractivity contribution is 5.95. The van der Waals surface area contributed by atoms with Crippen LogP contribution in [0.15, 0.2) is 0 Å². The van der Waals surface area contributed by atoms with Crippen molar-refractivity contribution in [2.75, 3.05) is 13.1 Å².